The summed E-state index contributed by atoms with van der Waals surface area (Å²) in [4.78, 5) is 14.4. The van der Waals surface area contributed by atoms with Crippen molar-refractivity contribution in [3.05, 3.63) is 35.9 Å². The highest BCUT2D eigenvalue weighted by Crippen LogP contribution is 2.09. The first kappa shape index (κ1) is 14.5. The van der Waals surface area contributed by atoms with Crippen LogP contribution in [0.2, 0.25) is 0 Å². The van der Waals surface area contributed by atoms with E-state index in [2.05, 4.69) is 23.4 Å². The van der Waals surface area contributed by atoms with Gasteiger partial charge < -0.3 is 4.90 Å². The molecule has 0 radical (unpaired) electrons. The fourth-order valence-corrected chi connectivity index (χ4v) is 2.20. The number of nitrogens with zero attached hydrogens (tertiary/aromatic N) is 3. The molecule has 2 rings (SSSR count). The average Bonchev–Trinajstić information content (AvgIpc) is 2.48. The summed E-state index contributed by atoms with van der Waals surface area (Å²) < 4.78 is 0. The van der Waals surface area contributed by atoms with E-state index in [1.165, 1.54) is 0 Å². The van der Waals surface area contributed by atoms with E-state index in [0.29, 0.717) is 6.42 Å². The SMILES string of the molecule is CN1CCN(NC(=O)C(C#N)Cc2ccccc2)CC1. The van der Waals surface area contributed by atoms with Gasteiger partial charge in [-0.3, -0.25) is 10.2 Å². The fraction of sp³-hybridized carbons (Fsp3) is 0.467. The summed E-state index contributed by atoms with van der Waals surface area (Å²) in [6.07, 6.45) is 0.455. The number of carbonyl (C=O) groups is 1. The van der Waals surface area contributed by atoms with Gasteiger partial charge >= 0.3 is 0 Å². The third kappa shape index (κ3) is 4.05. The van der Waals surface area contributed by atoms with Crippen LogP contribution in [0.5, 0.6) is 0 Å². The molecule has 1 N–H and O–H groups in total. The van der Waals surface area contributed by atoms with Crippen LogP contribution in [-0.2, 0) is 11.2 Å². The lowest BCUT2D eigenvalue weighted by atomic mass is 10.0. The van der Waals surface area contributed by atoms with Gasteiger partial charge in [0.2, 0.25) is 0 Å². The van der Waals surface area contributed by atoms with Crippen molar-refractivity contribution < 1.29 is 4.79 Å². The Morgan fingerprint density at radius 2 is 1.95 bits per heavy atom. The van der Waals surface area contributed by atoms with Gasteiger partial charge in [0.05, 0.1) is 6.07 Å². The van der Waals surface area contributed by atoms with Crippen LogP contribution in [0.15, 0.2) is 30.3 Å². The maximum absolute atomic E-state index is 12.1. The highest BCUT2D eigenvalue weighted by atomic mass is 16.2. The third-order valence-electron chi connectivity index (χ3n) is 3.53. The van der Waals surface area contributed by atoms with Crippen LogP contribution >= 0.6 is 0 Å². The fourth-order valence-electron chi connectivity index (χ4n) is 2.20. The molecule has 0 aliphatic carbocycles. The van der Waals surface area contributed by atoms with Gasteiger partial charge in [0, 0.05) is 26.2 Å². The Morgan fingerprint density at radius 3 is 2.55 bits per heavy atom. The number of likely N-dealkylation sites (N-methyl/N-ethyl adjacent to an activating group) is 1. The van der Waals surface area contributed by atoms with Gasteiger partial charge in [-0.2, -0.15) is 5.26 Å². The molecule has 0 spiro atoms. The Labute approximate surface area is 119 Å². The summed E-state index contributed by atoms with van der Waals surface area (Å²) in [5.74, 6) is -0.849. The van der Waals surface area contributed by atoms with Gasteiger partial charge in [-0.1, -0.05) is 30.3 Å². The van der Waals surface area contributed by atoms with Crippen molar-refractivity contribution in [2.75, 3.05) is 33.2 Å². The molecule has 1 aromatic carbocycles. The molecule has 1 amide bonds. The Bertz CT molecular complexity index is 474. The summed E-state index contributed by atoms with van der Waals surface area (Å²) >= 11 is 0. The van der Waals surface area contributed by atoms with Crippen molar-refractivity contribution in [1.29, 1.82) is 5.26 Å². The standard InChI is InChI=1S/C15H20N4O/c1-18-7-9-19(10-8-18)17-15(20)14(12-16)11-13-5-3-2-4-6-13/h2-6,14H,7-11H2,1H3,(H,17,20). The minimum Gasteiger partial charge on any atom is -0.304 e. The van der Waals surface area contributed by atoms with Crippen LogP contribution in [-0.4, -0.2) is 49.0 Å². The molecule has 106 valence electrons. The van der Waals surface area contributed by atoms with E-state index < -0.39 is 5.92 Å². The number of nitrogens with one attached hydrogen (secondary N) is 1. The second kappa shape index (κ2) is 7.04. The molecular formula is C15H20N4O. The Hall–Kier alpha value is -1.90. The molecule has 0 saturated carbocycles. The maximum atomic E-state index is 12.1. The zero-order valence-electron chi connectivity index (χ0n) is 11.7. The van der Waals surface area contributed by atoms with Crippen LogP contribution in [0.1, 0.15) is 5.56 Å². The lowest BCUT2D eigenvalue weighted by Crippen LogP contribution is -2.53. The minimum atomic E-state index is -0.642. The zero-order valence-corrected chi connectivity index (χ0v) is 11.7. The first-order chi connectivity index (χ1) is 9.69. The number of amides is 1. The Balaban J connectivity index is 1.88. The van der Waals surface area contributed by atoms with Gasteiger partial charge in [0.1, 0.15) is 5.92 Å². The van der Waals surface area contributed by atoms with E-state index in [1.54, 1.807) is 0 Å². The van der Waals surface area contributed by atoms with Gasteiger partial charge in [0.15, 0.2) is 0 Å². The molecule has 0 bridgehead atoms. The number of hydrogen-bond donors (Lipinski definition) is 1. The van der Waals surface area contributed by atoms with E-state index in [4.69, 9.17) is 0 Å². The summed E-state index contributed by atoms with van der Waals surface area (Å²) in [7, 11) is 2.06. The van der Waals surface area contributed by atoms with E-state index in [1.807, 2.05) is 35.3 Å². The van der Waals surface area contributed by atoms with Crippen molar-refractivity contribution >= 4 is 5.91 Å². The van der Waals surface area contributed by atoms with Crippen LogP contribution in [0, 0.1) is 17.2 Å². The second-order valence-corrected chi connectivity index (χ2v) is 5.14. The zero-order chi connectivity index (χ0) is 14.4. The molecular weight excluding hydrogens is 252 g/mol. The maximum Gasteiger partial charge on any atom is 0.251 e. The van der Waals surface area contributed by atoms with Gasteiger partial charge in [-0.15, -0.1) is 0 Å². The predicted octanol–water partition coefficient (Wildman–Crippen LogP) is 0.647. The Morgan fingerprint density at radius 1 is 1.30 bits per heavy atom. The summed E-state index contributed by atoms with van der Waals surface area (Å²) in [5.41, 5.74) is 3.86. The van der Waals surface area contributed by atoms with Crippen molar-refractivity contribution in [2.24, 2.45) is 5.92 Å². The number of hydrazine groups is 1. The summed E-state index contributed by atoms with van der Waals surface area (Å²) in [6, 6.07) is 11.7. The summed E-state index contributed by atoms with van der Waals surface area (Å²) in [6.45, 7) is 3.45. The highest BCUT2D eigenvalue weighted by Gasteiger charge is 2.22. The van der Waals surface area contributed by atoms with Crippen LogP contribution in [0.4, 0.5) is 0 Å². The minimum absolute atomic E-state index is 0.207. The molecule has 5 nitrogen and oxygen atoms in total. The number of piperazine rings is 1. The molecule has 1 atom stereocenters. The van der Waals surface area contributed by atoms with E-state index in [-0.39, 0.29) is 5.91 Å². The molecule has 20 heavy (non-hydrogen) atoms. The number of hydrogen-bond acceptors (Lipinski definition) is 4. The Kier molecular flexibility index (Phi) is 5.10. The molecule has 1 aromatic rings. The number of rotatable bonds is 4. The topological polar surface area (TPSA) is 59.4 Å². The molecule has 1 aliphatic rings. The quantitative estimate of drug-likeness (QED) is 0.874. The summed E-state index contributed by atoms with van der Waals surface area (Å²) in [5, 5.41) is 11.1. The molecule has 1 heterocycles. The van der Waals surface area contributed by atoms with Gasteiger partial charge in [0.25, 0.3) is 5.91 Å². The molecule has 1 saturated heterocycles. The molecule has 0 aromatic heterocycles. The van der Waals surface area contributed by atoms with Crippen molar-refractivity contribution in [2.45, 2.75) is 6.42 Å². The molecule has 1 fully saturated rings. The third-order valence-corrected chi connectivity index (χ3v) is 3.53. The molecule has 1 aliphatic heterocycles. The van der Waals surface area contributed by atoms with Crippen LogP contribution < -0.4 is 5.43 Å². The van der Waals surface area contributed by atoms with E-state index in [0.717, 1.165) is 31.7 Å². The van der Waals surface area contributed by atoms with Gasteiger partial charge in [-0.05, 0) is 19.0 Å². The second-order valence-electron chi connectivity index (χ2n) is 5.14. The average molecular weight is 272 g/mol. The largest absolute Gasteiger partial charge is 0.304 e. The van der Waals surface area contributed by atoms with Crippen molar-refractivity contribution in [3.63, 3.8) is 0 Å². The van der Waals surface area contributed by atoms with Crippen molar-refractivity contribution in [1.82, 2.24) is 15.3 Å². The number of carbonyl (C=O) groups excluding carboxylic acids is 1. The lowest BCUT2D eigenvalue weighted by molar-refractivity contribution is -0.129. The van der Waals surface area contributed by atoms with Gasteiger partial charge in [-0.25, -0.2) is 5.01 Å². The molecule has 1 unspecified atom stereocenters. The first-order valence-electron chi connectivity index (χ1n) is 6.86. The lowest BCUT2D eigenvalue weighted by Gasteiger charge is -2.32. The van der Waals surface area contributed by atoms with Crippen LogP contribution in [0.25, 0.3) is 0 Å². The van der Waals surface area contributed by atoms with Crippen molar-refractivity contribution in [3.8, 4) is 6.07 Å². The smallest absolute Gasteiger partial charge is 0.251 e. The van der Waals surface area contributed by atoms with E-state index >= 15 is 0 Å². The first-order valence-corrected chi connectivity index (χ1v) is 6.86. The number of benzene rings is 1. The predicted molar refractivity (Wildman–Crippen MR) is 76.5 cm³/mol. The highest BCUT2D eigenvalue weighted by molar-refractivity contribution is 5.80. The number of nitriles is 1. The monoisotopic (exact) mass is 272 g/mol. The normalized spacial score (nSPS) is 18.2. The van der Waals surface area contributed by atoms with Crippen LogP contribution in [0.3, 0.4) is 0 Å². The van der Waals surface area contributed by atoms with E-state index in [9.17, 15) is 10.1 Å². The molecule has 5 heteroatoms.